The Morgan fingerprint density at radius 2 is 1.68 bits per heavy atom. The summed E-state index contributed by atoms with van der Waals surface area (Å²) < 4.78 is 5.18. The molecule has 1 amide bonds. The topological polar surface area (TPSA) is 82.3 Å². The van der Waals surface area contributed by atoms with E-state index in [1.165, 1.54) is 12.2 Å². The largest absolute Gasteiger partial charge is 0.444 e. The average Bonchev–Trinajstić information content (AvgIpc) is 2.64. The van der Waals surface area contributed by atoms with Gasteiger partial charge in [0.15, 0.2) is 0 Å². The summed E-state index contributed by atoms with van der Waals surface area (Å²) in [6.45, 7) is 0. The quantitative estimate of drug-likeness (QED) is 0.575. The highest BCUT2D eigenvalue weighted by atomic mass is 16.5. The third kappa shape index (κ3) is 4.09. The number of carbonyl (C=O) groups is 2. The average molecular weight is 332 g/mol. The van der Waals surface area contributed by atoms with Crippen molar-refractivity contribution in [3.05, 3.63) is 84.1 Å². The van der Waals surface area contributed by atoms with Crippen molar-refractivity contribution in [3.63, 3.8) is 0 Å². The number of amides is 1. The molecule has 124 valence electrons. The molecule has 5 nitrogen and oxygen atoms in total. The van der Waals surface area contributed by atoms with Crippen LogP contribution in [-0.4, -0.2) is 16.9 Å². The summed E-state index contributed by atoms with van der Waals surface area (Å²) in [6.07, 6.45) is 1.65. The normalized spacial score (nSPS) is 12.2. The zero-order valence-electron chi connectivity index (χ0n) is 13.3. The fourth-order valence-corrected chi connectivity index (χ4v) is 2.40. The van der Waals surface area contributed by atoms with Crippen molar-refractivity contribution in [1.29, 1.82) is 0 Å². The van der Waals surface area contributed by atoms with Crippen LogP contribution in [0, 0.1) is 0 Å². The SMILES string of the molecule is NC(=O)[C@H](OC(=O)/C=C/c1ccc2ccccc2n1)c1ccccc1. The summed E-state index contributed by atoms with van der Waals surface area (Å²) in [5, 5.41) is 1.01. The second-order valence-corrected chi connectivity index (χ2v) is 5.39. The van der Waals surface area contributed by atoms with Crippen molar-refractivity contribution in [2.45, 2.75) is 6.10 Å². The molecule has 0 radical (unpaired) electrons. The van der Waals surface area contributed by atoms with Gasteiger partial charge in [0.05, 0.1) is 11.2 Å². The molecule has 2 N–H and O–H groups in total. The van der Waals surface area contributed by atoms with Gasteiger partial charge in [0.2, 0.25) is 6.10 Å². The number of para-hydroxylation sites is 1. The van der Waals surface area contributed by atoms with E-state index in [1.54, 1.807) is 36.4 Å². The highest BCUT2D eigenvalue weighted by Gasteiger charge is 2.21. The van der Waals surface area contributed by atoms with Gasteiger partial charge >= 0.3 is 5.97 Å². The van der Waals surface area contributed by atoms with Crippen molar-refractivity contribution < 1.29 is 14.3 Å². The Balaban J connectivity index is 1.73. The van der Waals surface area contributed by atoms with Crippen molar-refractivity contribution in [3.8, 4) is 0 Å². The minimum Gasteiger partial charge on any atom is -0.444 e. The minimum absolute atomic E-state index is 0.528. The Bertz CT molecular complexity index is 936. The van der Waals surface area contributed by atoms with E-state index in [9.17, 15) is 9.59 Å². The van der Waals surface area contributed by atoms with Gasteiger partial charge in [-0.05, 0) is 18.2 Å². The molecule has 1 heterocycles. The fourth-order valence-electron chi connectivity index (χ4n) is 2.40. The summed E-state index contributed by atoms with van der Waals surface area (Å²) >= 11 is 0. The first-order chi connectivity index (χ1) is 12.1. The first kappa shape index (κ1) is 16.4. The number of benzene rings is 2. The summed E-state index contributed by atoms with van der Waals surface area (Å²) in [5.74, 6) is -1.39. The van der Waals surface area contributed by atoms with Crippen LogP contribution in [0.4, 0.5) is 0 Å². The van der Waals surface area contributed by atoms with Crippen molar-refractivity contribution >= 4 is 28.9 Å². The monoisotopic (exact) mass is 332 g/mol. The van der Waals surface area contributed by atoms with E-state index in [-0.39, 0.29) is 0 Å². The highest BCUT2D eigenvalue weighted by molar-refractivity contribution is 5.90. The highest BCUT2D eigenvalue weighted by Crippen LogP contribution is 2.17. The number of rotatable bonds is 5. The van der Waals surface area contributed by atoms with Crippen molar-refractivity contribution in [2.75, 3.05) is 0 Å². The van der Waals surface area contributed by atoms with Gasteiger partial charge in [-0.15, -0.1) is 0 Å². The molecule has 3 rings (SSSR count). The molecule has 0 fully saturated rings. The van der Waals surface area contributed by atoms with Crippen LogP contribution in [0.2, 0.25) is 0 Å². The molecule has 0 spiro atoms. The zero-order chi connectivity index (χ0) is 17.6. The maximum absolute atomic E-state index is 12.0. The van der Waals surface area contributed by atoms with E-state index in [4.69, 9.17) is 10.5 Å². The maximum Gasteiger partial charge on any atom is 0.331 e. The van der Waals surface area contributed by atoms with Gasteiger partial charge in [-0.2, -0.15) is 0 Å². The van der Waals surface area contributed by atoms with E-state index in [0.29, 0.717) is 11.3 Å². The van der Waals surface area contributed by atoms with Crippen molar-refractivity contribution in [1.82, 2.24) is 4.98 Å². The fraction of sp³-hybridized carbons (Fsp3) is 0.0500. The molecular formula is C20H16N2O3. The Labute approximate surface area is 144 Å². The Kier molecular flexibility index (Phi) is 4.85. The number of esters is 1. The van der Waals surface area contributed by atoms with Gasteiger partial charge < -0.3 is 10.5 Å². The number of carbonyl (C=O) groups excluding carboxylic acids is 2. The lowest BCUT2D eigenvalue weighted by Crippen LogP contribution is -2.25. The zero-order valence-corrected chi connectivity index (χ0v) is 13.3. The second-order valence-electron chi connectivity index (χ2n) is 5.39. The molecular weight excluding hydrogens is 316 g/mol. The maximum atomic E-state index is 12.0. The van der Waals surface area contributed by atoms with E-state index in [2.05, 4.69) is 4.98 Å². The second kappa shape index (κ2) is 7.40. The van der Waals surface area contributed by atoms with Crippen LogP contribution < -0.4 is 5.73 Å². The van der Waals surface area contributed by atoms with Crippen LogP contribution in [0.15, 0.2) is 72.8 Å². The summed E-state index contributed by atoms with van der Waals surface area (Å²) in [6, 6.07) is 20.0. The lowest BCUT2D eigenvalue weighted by atomic mass is 10.1. The summed E-state index contributed by atoms with van der Waals surface area (Å²) in [7, 11) is 0. The van der Waals surface area contributed by atoms with Crippen LogP contribution >= 0.6 is 0 Å². The molecule has 25 heavy (non-hydrogen) atoms. The predicted octanol–water partition coefficient (Wildman–Crippen LogP) is 3.02. The number of hydrogen-bond donors (Lipinski definition) is 1. The molecule has 3 aromatic rings. The third-order valence-electron chi connectivity index (χ3n) is 3.60. The Morgan fingerprint density at radius 3 is 2.44 bits per heavy atom. The lowest BCUT2D eigenvalue weighted by molar-refractivity contribution is -0.150. The number of pyridine rings is 1. The van der Waals surface area contributed by atoms with Gasteiger partial charge in [-0.1, -0.05) is 54.6 Å². The molecule has 0 bridgehead atoms. The molecule has 5 heteroatoms. The van der Waals surface area contributed by atoms with Crippen LogP contribution in [0.3, 0.4) is 0 Å². The molecule has 1 atom stereocenters. The Morgan fingerprint density at radius 1 is 0.960 bits per heavy atom. The van der Waals surface area contributed by atoms with E-state index >= 15 is 0 Å². The number of nitrogens with two attached hydrogens (primary N) is 1. The van der Waals surface area contributed by atoms with Gasteiger partial charge in [-0.25, -0.2) is 9.78 Å². The van der Waals surface area contributed by atoms with Gasteiger partial charge in [0, 0.05) is 17.0 Å². The third-order valence-corrected chi connectivity index (χ3v) is 3.60. The molecule has 0 aliphatic carbocycles. The number of aromatic nitrogens is 1. The first-order valence-corrected chi connectivity index (χ1v) is 7.72. The summed E-state index contributed by atoms with van der Waals surface area (Å²) in [4.78, 5) is 28.0. The number of hydrogen-bond acceptors (Lipinski definition) is 4. The van der Waals surface area contributed by atoms with E-state index in [0.717, 1.165) is 10.9 Å². The first-order valence-electron chi connectivity index (χ1n) is 7.72. The Hall–Kier alpha value is -3.47. The van der Waals surface area contributed by atoms with Crippen LogP contribution in [0.25, 0.3) is 17.0 Å². The predicted molar refractivity (Wildman–Crippen MR) is 95.2 cm³/mol. The van der Waals surface area contributed by atoms with Crippen LogP contribution in [0.1, 0.15) is 17.4 Å². The van der Waals surface area contributed by atoms with Crippen molar-refractivity contribution in [2.24, 2.45) is 5.73 Å². The number of primary amides is 1. The smallest absolute Gasteiger partial charge is 0.331 e. The van der Waals surface area contributed by atoms with E-state index < -0.39 is 18.0 Å². The molecule has 0 aliphatic heterocycles. The number of fused-ring (bicyclic) bond motifs is 1. The van der Waals surface area contributed by atoms with Crippen LogP contribution in [-0.2, 0) is 14.3 Å². The number of ether oxygens (including phenoxy) is 1. The molecule has 0 aliphatic rings. The summed E-state index contributed by atoms with van der Waals surface area (Å²) in [5.41, 5.74) is 7.31. The van der Waals surface area contributed by atoms with Gasteiger partial charge in [0.25, 0.3) is 5.91 Å². The molecule has 1 aromatic heterocycles. The lowest BCUT2D eigenvalue weighted by Gasteiger charge is -2.13. The standard InChI is InChI=1S/C20H16N2O3/c21-20(24)19(15-7-2-1-3-8-15)25-18(23)13-12-16-11-10-14-6-4-5-9-17(14)22-16/h1-13,19H,(H2,21,24)/b13-12+/t19-/m1/s1. The molecule has 0 saturated heterocycles. The van der Waals surface area contributed by atoms with E-state index in [1.807, 2.05) is 30.3 Å². The van der Waals surface area contributed by atoms with Crippen LogP contribution in [0.5, 0.6) is 0 Å². The molecule has 2 aromatic carbocycles. The molecule has 0 unspecified atom stereocenters. The van der Waals surface area contributed by atoms with Gasteiger partial charge in [-0.3, -0.25) is 4.79 Å². The molecule has 0 saturated carbocycles. The number of nitrogens with zero attached hydrogens (tertiary/aromatic N) is 1. The van der Waals surface area contributed by atoms with Gasteiger partial charge in [0.1, 0.15) is 0 Å². The minimum atomic E-state index is -1.12.